The average molecular weight is 148 g/mol. The molecule has 0 saturated carbocycles. The van der Waals surface area contributed by atoms with Gasteiger partial charge in [-0.05, 0) is 5.56 Å². The standard InChI is InChI=1S/C9H12N2/c1-10-8-11-7-9-5-3-2-4-6-9/h2-6,8H,7H2,1H3,(H,10,11). The van der Waals surface area contributed by atoms with Crippen LogP contribution in [-0.4, -0.2) is 13.4 Å². The van der Waals surface area contributed by atoms with Crippen molar-refractivity contribution in [1.82, 2.24) is 5.32 Å². The molecule has 0 atom stereocenters. The monoisotopic (exact) mass is 148 g/mol. The van der Waals surface area contributed by atoms with Gasteiger partial charge in [0.25, 0.3) is 0 Å². The summed E-state index contributed by atoms with van der Waals surface area (Å²) in [6.45, 7) is 0.845. The van der Waals surface area contributed by atoms with Gasteiger partial charge < -0.3 is 5.32 Å². The van der Waals surface area contributed by atoms with Gasteiger partial charge in [-0.15, -0.1) is 0 Å². The molecule has 0 aromatic heterocycles. The number of rotatable bonds is 3. The predicted octanol–water partition coefficient (Wildman–Crippen LogP) is 1.43. The van der Waals surface area contributed by atoms with E-state index in [0.29, 0.717) is 0 Å². The van der Waals surface area contributed by atoms with Gasteiger partial charge in [0, 0.05) is 13.6 Å². The van der Waals surface area contributed by atoms with E-state index in [-0.39, 0.29) is 0 Å². The first kappa shape index (κ1) is 7.79. The van der Waals surface area contributed by atoms with Crippen LogP contribution in [0.1, 0.15) is 5.56 Å². The Morgan fingerprint density at radius 2 is 2.09 bits per heavy atom. The fourth-order valence-electron chi connectivity index (χ4n) is 0.851. The van der Waals surface area contributed by atoms with Crippen LogP contribution in [0.5, 0.6) is 0 Å². The largest absolute Gasteiger partial charge is 0.372 e. The lowest BCUT2D eigenvalue weighted by molar-refractivity contribution is 0.931. The molecule has 0 aliphatic heterocycles. The maximum atomic E-state index is 3.81. The van der Waals surface area contributed by atoms with Crippen LogP contribution in [0.15, 0.2) is 35.3 Å². The van der Waals surface area contributed by atoms with Crippen molar-refractivity contribution in [3.8, 4) is 0 Å². The average Bonchev–Trinajstić information content (AvgIpc) is 2.07. The molecule has 1 rings (SSSR count). The molecule has 0 spiro atoms. The minimum Gasteiger partial charge on any atom is -0.372 e. The molecule has 2 heteroatoms. The van der Waals surface area contributed by atoms with Crippen LogP contribution < -0.4 is 5.32 Å². The minimum absolute atomic E-state index is 0.845. The Bertz CT molecular complexity index is 216. The highest BCUT2D eigenvalue weighted by Crippen LogP contribution is 1.95. The Balaban J connectivity index is 2.39. The third-order valence-electron chi connectivity index (χ3n) is 1.37. The second kappa shape index (κ2) is 4.50. The number of hydrogen-bond acceptors (Lipinski definition) is 1. The zero-order valence-electron chi connectivity index (χ0n) is 6.62. The third-order valence-corrected chi connectivity index (χ3v) is 1.37. The van der Waals surface area contributed by atoms with Gasteiger partial charge in [0.2, 0.25) is 0 Å². The molecule has 11 heavy (non-hydrogen) atoms. The minimum atomic E-state index is 0.845. The van der Waals surface area contributed by atoms with Gasteiger partial charge in [-0.2, -0.15) is 0 Å². The molecule has 0 amide bonds. The number of nitrogens with one attached hydrogen (secondary N) is 1. The number of hydrogen-bond donors (Lipinski definition) is 1. The van der Waals surface area contributed by atoms with Crippen molar-refractivity contribution >= 4 is 6.34 Å². The maximum Gasteiger partial charge on any atom is 0.0823 e. The lowest BCUT2D eigenvalue weighted by Crippen LogP contribution is -2.09. The summed E-state index contributed by atoms with van der Waals surface area (Å²) in [6.07, 6.45) is 1.70. The molecule has 1 aromatic carbocycles. The van der Waals surface area contributed by atoms with Crippen LogP contribution in [0.25, 0.3) is 0 Å². The second-order valence-corrected chi connectivity index (χ2v) is 2.25. The van der Waals surface area contributed by atoms with E-state index in [1.54, 1.807) is 13.4 Å². The van der Waals surface area contributed by atoms with Crippen molar-refractivity contribution < 1.29 is 0 Å². The molecule has 1 aromatic rings. The molecule has 1 N–H and O–H groups in total. The van der Waals surface area contributed by atoms with Crippen molar-refractivity contribution in [1.29, 1.82) is 0 Å². The number of benzene rings is 1. The van der Waals surface area contributed by atoms with E-state index in [9.17, 15) is 0 Å². The Kier molecular flexibility index (Phi) is 3.19. The van der Waals surface area contributed by atoms with Gasteiger partial charge in [0.15, 0.2) is 0 Å². The van der Waals surface area contributed by atoms with Crippen LogP contribution in [0.4, 0.5) is 0 Å². The van der Waals surface area contributed by atoms with Crippen molar-refractivity contribution in [2.45, 2.75) is 6.54 Å². The van der Waals surface area contributed by atoms with Crippen LogP contribution in [0.2, 0.25) is 0 Å². The summed E-state index contributed by atoms with van der Waals surface area (Å²) in [4.78, 5) is 3.81. The molecule has 0 heterocycles. The van der Waals surface area contributed by atoms with Gasteiger partial charge >= 0.3 is 0 Å². The van der Waals surface area contributed by atoms with Gasteiger partial charge in [-0.3, -0.25) is 4.99 Å². The summed E-state index contributed by atoms with van der Waals surface area (Å²) >= 11 is 0. The normalized spacial score (nSPS) is 10.3. The summed E-state index contributed by atoms with van der Waals surface area (Å²) in [5.41, 5.74) is 1.27. The van der Waals surface area contributed by atoms with E-state index in [0.717, 1.165) is 6.54 Å². The quantitative estimate of drug-likeness (QED) is 0.509. The Labute approximate surface area is 67.0 Å². The van der Waals surface area contributed by atoms with E-state index < -0.39 is 0 Å². The van der Waals surface area contributed by atoms with Crippen molar-refractivity contribution in [3.05, 3.63) is 35.9 Å². The maximum absolute atomic E-state index is 3.81. The molecular formula is C9H12N2. The van der Waals surface area contributed by atoms with Gasteiger partial charge in [-0.1, -0.05) is 30.3 Å². The Hall–Kier alpha value is -1.31. The van der Waals surface area contributed by atoms with Gasteiger partial charge in [-0.25, -0.2) is 0 Å². The van der Waals surface area contributed by atoms with E-state index in [1.807, 2.05) is 18.2 Å². The summed E-state index contributed by atoms with van der Waals surface area (Å²) < 4.78 is 0. The topological polar surface area (TPSA) is 24.4 Å². The summed E-state index contributed by atoms with van der Waals surface area (Å²) in [7, 11) is 1.75. The molecule has 0 bridgehead atoms. The smallest absolute Gasteiger partial charge is 0.0823 e. The van der Waals surface area contributed by atoms with E-state index >= 15 is 0 Å². The predicted molar refractivity (Wildman–Crippen MR) is 47.7 cm³/mol. The molecule has 58 valence electrons. The molecule has 0 fully saturated rings. The zero-order chi connectivity index (χ0) is 7.94. The van der Waals surface area contributed by atoms with Crippen molar-refractivity contribution in [3.63, 3.8) is 0 Å². The molecule has 0 saturated heterocycles. The molecule has 0 aliphatic rings. The Morgan fingerprint density at radius 1 is 1.36 bits per heavy atom. The highest BCUT2D eigenvalue weighted by molar-refractivity contribution is 5.53. The van der Waals surface area contributed by atoms with E-state index in [2.05, 4.69) is 22.4 Å². The molecular weight excluding hydrogens is 136 g/mol. The first-order valence-corrected chi connectivity index (χ1v) is 3.61. The lowest BCUT2D eigenvalue weighted by Gasteiger charge is -1.98. The fourth-order valence-corrected chi connectivity index (χ4v) is 0.851. The van der Waals surface area contributed by atoms with Crippen LogP contribution in [0, 0.1) is 0 Å². The summed E-state index contributed by atoms with van der Waals surface area (Å²) in [5.74, 6) is 0. The SMILES string of the molecule is C/N=C/NCc1ccccc1. The van der Waals surface area contributed by atoms with Gasteiger partial charge in [0.1, 0.15) is 0 Å². The highest BCUT2D eigenvalue weighted by atomic mass is 14.9. The van der Waals surface area contributed by atoms with Gasteiger partial charge in [0.05, 0.1) is 6.34 Å². The zero-order valence-corrected chi connectivity index (χ0v) is 6.62. The second-order valence-electron chi connectivity index (χ2n) is 2.25. The Morgan fingerprint density at radius 3 is 2.73 bits per heavy atom. The molecule has 0 radical (unpaired) electrons. The van der Waals surface area contributed by atoms with Crippen LogP contribution >= 0.6 is 0 Å². The molecule has 0 unspecified atom stereocenters. The number of aliphatic imine (C=N–C) groups is 1. The molecule has 0 aliphatic carbocycles. The van der Waals surface area contributed by atoms with Crippen molar-refractivity contribution in [2.24, 2.45) is 4.99 Å². The first-order valence-electron chi connectivity index (χ1n) is 3.61. The molecule has 2 nitrogen and oxygen atoms in total. The summed E-state index contributed by atoms with van der Waals surface area (Å²) in [5, 5.41) is 3.06. The van der Waals surface area contributed by atoms with Crippen LogP contribution in [-0.2, 0) is 6.54 Å². The first-order chi connectivity index (χ1) is 5.43. The number of nitrogens with zero attached hydrogens (tertiary/aromatic N) is 1. The van der Waals surface area contributed by atoms with Crippen molar-refractivity contribution in [2.75, 3.05) is 7.05 Å². The summed E-state index contributed by atoms with van der Waals surface area (Å²) in [6, 6.07) is 10.2. The third kappa shape index (κ3) is 2.85. The van der Waals surface area contributed by atoms with E-state index in [4.69, 9.17) is 0 Å². The van der Waals surface area contributed by atoms with Crippen LogP contribution in [0.3, 0.4) is 0 Å². The fraction of sp³-hybridized carbons (Fsp3) is 0.222. The highest BCUT2D eigenvalue weighted by Gasteiger charge is 1.85. The van der Waals surface area contributed by atoms with E-state index in [1.165, 1.54) is 5.56 Å². The lowest BCUT2D eigenvalue weighted by atomic mass is 10.2.